The Morgan fingerprint density at radius 3 is 1.36 bits per heavy atom. The van der Waals surface area contributed by atoms with E-state index >= 15 is 0 Å². The minimum Gasteiger partial charge on any atom is -0.289 e. The van der Waals surface area contributed by atoms with Crippen molar-refractivity contribution >= 4 is 58.0 Å². The van der Waals surface area contributed by atoms with E-state index in [9.17, 15) is 9.59 Å². The van der Waals surface area contributed by atoms with Gasteiger partial charge in [-0.05, 0) is 48.6 Å². The molecule has 2 nitrogen and oxygen atoms in total. The molecule has 6 heteroatoms. The van der Waals surface area contributed by atoms with Crippen LogP contribution >= 0.6 is 46.4 Å². The Kier molecular flexibility index (Phi) is 5.65. The van der Waals surface area contributed by atoms with Crippen LogP contribution < -0.4 is 0 Å². The zero-order valence-electron chi connectivity index (χ0n) is 10.9. The lowest BCUT2D eigenvalue weighted by Crippen LogP contribution is -2.00. The van der Waals surface area contributed by atoms with Crippen LogP contribution in [-0.4, -0.2) is 11.6 Å². The van der Waals surface area contributed by atoms with Crippen LogP contribution in [0.1, 0.15) is 20.7 Å². The second-order valence-electron chi connectivity index (χ2n) is 4.31. The van der Waals surface area contributed by atoms with E-state index in [0.717, 1.165) is 12.2 Å². The molecule has 2 rings (SSSR count). The Balaban J connectivity index is 2.20. The van der Waals surface area contributed by atoms with E-state index in [4.69, 9.17) is 46.4 Å². The molecule has 0 unspecified atom stereocenters. The van der Waals surface area contributed by atoms with Gasteiger partial charge >= 0.3 is 0 Å². The molecule has 0 aliphatic carbocycles. The molecule has 0 N–H and O–H groups in total. The van der Waals surface area contributed by atoms with Crippen molar-refractivity contribution < 1.29 is 9.59 Å². The Labute approximate surface area is 147 Å². The second-order valence-corrected chi connectivity index (χ2v) is 6.00. The van der Waals surface area contributed by atoms with Crippen molar-refractivity contribution in [3.05, 3.63) is 79.8 Å². The third-order valence-electron chi connectivity index (χ3n) is 2.78. The molecular formula is C16H8Cl4O2. The van der Waals surface area contributed by atoms with Crippen LogP contribution in [-0.2, 0) is 0 Å². The van der Waals surface area contributed by atoms with E-state index in [-0.39, 0.29) is 21.2 Å². The molecule has 0 fully saturated rings. The molecule has 22 heavy (non-hydrogen) atoms. The van der Waals surface area contributed by atoms with Gasteiger partial charge in [0.05, 0.1) is 10.0 Å². The molecule has 0 saturated carbocycles. The monoisotopic (exact) mass is 372 g/mol. The Morgan fingerprint density at radius 2 is 1.05 bits per heavy atom. The summed E-state index contributed by atoms with van der Waals surface area (Å²) in [6.45, 7) is 0. The number of hydrogen-bond acceptors (Lipinski definition) is 2. The molecule has 0 aromatic heterocycles. The first kappa shape index (κ1) is 17.0. The molecule has 2 aromatic carbocycles. The lowest BCUT2D eigenvalue weighted by Gasteiger charge is -2.01. The third kappa shape index (κ3) is 4.11. The van der Waals surface area contributed by atoms with Gasteiger partial charge in [0.25, 0.3) is 0 Å². The Hall–Kier alpha value is -1.32. The second kappa shape index (κ2) is 7.30. The minimum absolute atomic E-state index is 0.221. The minimum atomic E-state index is -0.403. The van der Waals surface area contributed by atoms with Crippen molar-refractivity contribution in [2.75, 3.05) is 0 Å². The maximum Gasteiger partial charge on any atom is 0.187 e. The van der Waals surface area contributed by atoms with Crippen LogP contribution in [0.25, 0.3) is 0 Å². The van der Waals surface area contributed by atoms with E-state index in [2.05, 4.69) is 0 Å². The molecule has 0 bridgehead atoms. The predicted octanol–water partition coefficient (Wildman–Crippen LogP) is 5.92. The summed E-state index contributed by atoms with van der Waals surface area (Å²) in [6.07, 6.45) is 2.28. The Morgan fingerprint density at radius 1 is 0.682 bits per heavy atom. The highest BCUT2D eigenvalue weighted by molar-refractivity contribution is 6.38. The molecule has 0 spiro atoms. The fourth-order valence-electron chi connectivity index (χ4n) is 1.71. The van der Waals surface area contributed by atoms with Gasteiger partial charge in [0.15, 0.2) is 11.6 Å². The fraction of sp³-hybridized carbons (Fsp3) is 0. The topological polar surface area (TPSA) is 34.1 Å². The first-order chi connectivity index (χ1) is 10.4. The summed E-state index contributed by atoms with van der Waals surface area (Å²) in [5, 5.41) is 1.29. The lowest BCUT2D eigenvalue weighted by molar-refractivity contribution is 0.102. The Bertz CT molecular complexity index is 716. The van der Waals surface area contributed by atoms with Crippen molar-refractivity contribution in [1.82, 2.24) is 0 Å². The summed E-state index contributed by atoms with van der Waals surface area (Å²) in [6, 6.07) is 9.01. The third-order valence-corrected chi connectivity index (χ3v) is 3.87. The number of halogens is 4. The van der Waals surface area contributed by atoms with Crippen LogP contribution in [0, 0.1) is 0 Å². The van der Waals surface area contributed by atoms with Crippen molar-refractivity contribution in [3.63, 3.8) is 0 Å². The fourth-order valence-corrected chi connectivity index (χ4v) is 2.71. The van der Waals surface area contributed by atoms with Crippen LogP contribution in [0.5, 0.6) is 0 Å². The summed E-state index contributed by atoms with van der Waals surface area (Å²) in [7, 11) is 0. The van der Waals surface area contributed by atoms with Gasteiger partial charge in [-0.25, -0.2) is 0 Å². The number of ketones is 2. The van der Waals surface area contributed by atoms with E-state index in [1.807, 2.05) is 0 Å². The molecule has 0 saturated heterocycles. The largest absolute Gasteiger partial charge is 0.289 e. The van der Waals surface area contributed by atoms with Gasteiger partial charge in [-0.2, -0.15) is 0 Å². The first-order valence-corrected chi connectivity index (χ1v) is 7.56. The zero-order chi connectivity index (χ0) is 16.3. The van der Waals surface area contributed by atoms with Gasteiger partial charge in [0.2, 0.25) is 0 Å². The summed E-state index contributed by atoms with van der Waals surface area (Å²) in [5.74, 6) is -0.805. The highest BCUT2D eigenvalue weighted by Gasteiger charge is 2.11. The summed E-state index contributed by atoms with van der Waals surface area (Å²) in [5.41, 5.74) is 0.523. The van der Waals surface area contributed by atoms with Gasteiger partial charge in [-0.3, -0.25) is 9.59 Å². The van der Waals surface area contributed by atoms with Gasteiger partial charge < -0.3 is 0 Å². The van der Waals surface area contributed by atoms with Crippen LogP contribution in [0.15, 0.2) is 48.6 Å². The summed E-state index contributed by atoms with van der Waals surface area (Å²) in [4.78, 5) is 24.1. The molecule has 2 aromatic rings. The number of carbonyl (C=O) groups excluding carboxylic acids is 2. The standard InChI is InChI=1S/C16H8Cl4O2/c17-9-1-3-11(13(19)7-9)15(21)5-6-16(22)12-4-2-10(18)8-14(12)20/h1-8H/b6-5+. The maximum absolute atomic E-state index is 12.0. The van der Waals surface area contributed by atoms with Crippen molar-refractivity contribution in [3.8, 4) is 0 Å². The average molecular weight is 374 g/mol. The number of benzene rings is 2. The molecular weight excluding hydrogens is 366 g/mol. The number of carbonyl (C=O) groups is 2. The van der Waals surface area contributed by atoms with Crippen LogP contribution in [0.3, 0.4) is 0 Å². The SMILES string of the molecule is O=C(/C=C/C(=O)c1ccc(Cl)cc1Cl)c1ccc(Cl)cc1Cl. The number of hydrogen-bond donors (Lipinski definition) is 0. The molecule has 0 aliphatic rings. The number of rotatable bonds is 4. The summed E-state index contributed by atoms with van der Waals surface area (Å²) >= 11 is 23.4. The van der Waals surface area contributed by atoms with Crippen molar-refractivity contribution in [2.24, 2.45) is 0 Å². The van der Waals surface area contributed by atoms with E-state index in [0.29, 0.717) is 10.0 Å². The zero-order valence-corrected chi connectivity index (χ0v) is 14.0. The predicted molar refractivity (Wildman–Crippen MR) is 90.7 cm³/mol. The molecule has 112 valence electrons. The lowest BCUT2D eigenvalue weighted by atomic mass is 10.1. The molecule has 0 radical (unpaired) electrons. The average Bonchev–Trinajstić information content (AvgIpc) is 2.44. The van der Waals surface area contributed by atoms with Crippen molar-refractivity contribution in [2.45, 2.75) is 0 Å². The molecule has 0 atom stereocenters. The van der Waals surface area contributed by atoms with Gasteiger partial charge in [-0.1, -0.05) is 46.4 Å². The van der Waals surface area contributed by atoms with E-state index < -0.39 is 11.6 Å². The highest BCUT2D eigenvalue weighted by Crippen LogP contribution is 2.23. The first-order valence-electron chi connectivity index (χ1n) is 6.05. The highest BCUT2D eigenvalue weighted by atomic mass is 35.5. The summed E-state index contributed by atoms with van der Waals surface area (Å²) < 4.78 is 0. The van der Waals surface area contributed by atoms with Crippen LogP contribution in [0.4, 0.5) is 0 Å². The van der Waals surface area contributed by atoms with Crippen molar-refractivity contribution in [1.29, 1.82) is 0 Å². The molecule has 0 amide bonds. The number of allylic oxidation sites excluding steroid dienone is 2. The van der Waals surface area contributed by atoms with Gasteiger partial charge in [0, 0.05) is 21.2 Å². The van der Waals surface area contributed by atoms with Gasteiger partial charge in [0.1, 0.15) is 0 Å². The molecule has 0 heterocycles. The van der Waals surface area contributed by atoms with E-state index in [1.54, 1.807) is 12.1 Å². The quantitative estimate of drug-likeness (QED) is 0.492. The maximum atomic E-state index is 12.0. The molecule has 0 aliphatic heterocycles. The van der Waals surface area contributed by atoms with Gasteiger partial charge in [-0.15, -0.1) is 0 Å². The smallest absolute Gasteiger partial charge is 0.187 e. The van der Waals surface area contributed by atoms with Crippen LogP contribution in [0.2, 0.25) is 20.1 Å². The normalized spacial score (nSPS) is 10.9. The van der Waals surface area contributed by atoms with E-state index in [1.165, 1.54) is 24.3 Å².